The largest absolute Gasteiger partial charge is 0.488 e. The number of benzene rings is 2. The highest BCUT2D eigenvalue weighted by Gasteiger charge is 2.12. The summed E-state index contributed by atoms with van der Waals surface area (Å²) < 4.78 is 11.4. The first kappa shape index (κ1) is 17.6. The summed E-state index contributed by atoms with van der Waals surface area (Å²) in [4.78, 5) is 11.9. The van der Waals surface area contributed by atoms with E-state index < -0.39 is 0 Å². The lowest BCUT2D eigenvalue weighted by Gasteiger charge is -2.12. The lowest BCUT2D eigenvalue weighted by atomic mass is 10.0. The molecule has 0 fully saturated rings. The van der Waals surface area contributed by atoms with E-state index in [-0.39, 0.29) is 5.63 Å². The van der Waals surface area contributed by atoms with Gasteiger partial charge in [0.15, 0.2) is 0 Å². The highest BCUT2D eigenvalue weighted by Crippen LogP contribution is 2.29. The number of halogens is 1. The fraction of sp³-hybridized carbons (Fsp3) is 0.286. The van der Waals surface area contributed by atoms with E-state index in [1.165, 1.54) is 0 Å². The van der Waals surface area contributed by atoms with E-state index in [1.54, 1.807) is 6.07 Å². The normalized spacial score (nSPS) is 11.0. The van der Waals surface area contributed by atoms with Crippen LogP contribution in [0.5, 0.6) is 5.75 Å². The zero-order valence-corrected chi connectivity index (χ0v) is 15.2. The van der Waals surface area contributed by atoms with Gasteiger partial charge in [0.25, 0.3) is 0 Å². The van der Waals surface area contributed by atoms with E-state index in [0.717, 1.165) is 47.1 Å². The summed E-state index contributed by atoms with van der Waals surface area (Å²) in [6, 6.07) is 13.1. The van der Waals surface area contributed by atoms with Gasteiger partial charge in [-0.3, -0.25) is 0 Å². The van der Waals surface area contributed by atoms with Gasteiger partial charge in [-0.1, -0.05) is 37.1 Å². The molecule has 25 heavy (non-hydrogen) atoms. The van der Waals surface area contributed by atoms with Gasteiger partial charge in [0.05, 0.1) is 0 Å². The van der Waals surface area contributed by atoms with Crippen LogP contribution in [0.25, 0.3) is 11.0 Å². The van der Waals surface area contributed by atoms with Crippen molar-refractivity contribution < 1.29 is 9.15 Å². The Kier molecular flexibility index (Phi) is 5.44. The zero-order chi connectivity index (χ0) is 17.8. The number of unbranched alkanes of at least 4 members (excludes halogenated alkanes) is 1. The lowest BCUT2D eigenvalue weighted by Crippen LogP contribution is -2.03. The molecule has 1 heterocycles. The van der Waals surface area contributed by atoms with Crippen LogP contribution in [0.4, 0.5) is 0 Å². The number of aryl methyl sites for hydroxylation is 2. The van der Waals surface area contributed by atoms with Crippen molar-refractivity contribution in [2.24, 2.45) is 0 Å². The molecule has 0 bridgehead atoms. The molecule has 2 aromatic carbocycles. The van der Waals surface area contributed by atoms with Crippen molar-refractivity contribution in [3.05, 3.63) is 74.6 Å². The number of ether oxygens (including phenoxy) is 1. The molecule has 0 aliphatic heterocycles. The quantitative estimate of drug-likeness (QED) is 0.533. The van der Waals surface area contributed by atoms with Crippen molar-refractivity contribution in [1.82, 2.24) is 0 Å². The average Bonchev–Trinajstić information content (AvgIpc) is 2.61. The Morgan fingerprint density at radius 3 is 2.60 bits per heavy atom. The van der Waals surface area contributed by atoms with Crippen LogP contribution in [-0.4, -0.2) is 0 Å². The minimum absolute atomic E-state index is 0.309. The van der Waals surface area contributed by atoms with Crippen LogP contribution in [0.3, 0.4) is 0 Å². The molecule has 0 atom stereocenters. The maximum atomic E-state index is 11.9. The van der Waals surface area contributed by atoms with Crippen molar-refractivity contribution >= 4 is 22.6 Å². The van der Waals surface area contributed by atoms with E-state index >= 15 is 0 Å². The van der Waals surface area contributed by atoms with E-state index in [9.17, 15) is 4.79 Å². The first-order valence-electron chi connectivity index (χ1n) is 8.52. The van der Waals surface area contributed by atoms with E-state index in [2.05, 4.69) is 6.92 Å². The molecular formula is C21H21ClO3. The molecule has 0 saturated carbocycles. The number of hydrogen-bond acceptors (Lipinski definition) is 3. The fourth-order valence-electron chi connectivity index (χ4n) is 2.88. The summed E-state index contributed by atoms with van der Waals surface area (Å²) in [6.45, 7) is 4.50. The Labute approximate surface area is 152 Å². The number of hydrogen-bond donors (Lipinski definition) is 0. The molecule has 1 aromatic heterocycles. The Morgan fingerprint density at radius 1 is 1.12 bits per heavy atom. The molecule has 3 rings (SSSR count). The summed E-state index contributed by atoms with van der Waals surface area (Å²) in [7, 11) is 0. The Hall–Kier alpha value is -2.26. The van der Waals surface area contributed by atoms with Gasteiger partial charge in [-0.05, 0) is 55.2 Å². The monoisotopic (exact) mass is 356 g/mol. The first-order valence-corrected chi connectivity index (χ1v) is 8.90. The van der Waals surface area contributed by atoms with E-state index in [4.69, 9.17) is 20.8 Å². The maximum Gasteiger partial charge on any atom is 0.336 e. The van der Waals surface area contributed by atoms with Gasteiger partial charge >= 0.3 is 5.63 Å². The minimum Gasteiger partial charge on any atom is -0.488 e. The van der Waals surface area contributed by atoms with Gasteiger partial charge in [0.2, 0.25) is 0 Å². The minimum atomic E-state index is -0.309. The SMILES string of the molecule is CCCCc1cc(=O)oc2c(C)c(OCc3ccc(Cl)cc3)ccc12. The number of rotatable bonds is 6. The molecule has 0 N–H and O–H groups in total. The molecule has 3 nitrogen and oxygen atoms in total. The summed E-state index contributed by atoms with van der Waals surface area (Å²) in [5.41, 5.74) is 3.23. The smallest absolute Gasteiger partial charge is 0.336 e. The van der Waals surface area contributed by atoms with Crippen molar-refractivity contribution in [3.63, 3.8) is 0 Å². The third-order valence-corrected chi connectivity index (χ3v) is 4.56. The second-order valence-corrected chi connectivity index (χ2v) is 6.61. The van der Waals surface area contributed by atoms with Gasteiger partial charge in [-0.25, -0.2) is 4.79 Å². The molecule has 0 aliphatic rings. The van der Waals surface area contributed by atoms with Gasteiger partial charge in [-0.15, -0.1) is 0 Å². The molecule has 0 saturated heterocycles. The molecular weight excluding hydrogens is 336 g/mol. The fourth-order valence-corrected chi connectivity index (χ4v) is 3.01. The predicted molar refractivity (Wildman–Crippen MR) is 102 cm³/mol. The first-order chi connectivity index (χ1) is 12.1. The molecule has 0 aliphatic carbocycles. The Morgan fingerprint density at radius 2 is 1.88 bits per heavy atom. The predicted octanol–water partition coefficient (Wildman–Crippen LogP) is 5.68. The Bertz CT molecular complexity index is 926. The van der Waals surface area contributed by atoms with Gasteiger partial charge in [0.1, 0.15) is 17.9 Å². The second-order valence-electron chi connectivity index (χ2n) is 6.17. The topological polar surface area (TPSA) is 39.4 Å². The van der Waals surface area contributed by atoms with Gasteiger partial charge in [-0.2, -0.15) is 0 Å². The van der Waals surface area contributed by atoms with Crippen molar-refractivity contribution in [2.75, 3.05) is 0 Å². The highest BCUT2D eigenvalue weighted by molar-refractivity contribution is 6.30. The third kappa shape index (κ3) is 4.05. The maximum absolute atomic E-state index is 11.9. The van der Waals surface area contributed by atoms with Crippen LogP contribution in [0.2, 0.25) is 5.02 Å². The molecule has 0 unspecified atom stereocenters. The Balaban J connectivity index is 1.91. The van der Waals surface area contributed by atoms with Crippen molar-refractivity contribution in [2.45, 2.75) is 39.7 Å². The molecule has 4 heteroatoms. The molecule has 0 radical (unpaired) electrons. The van der Waals surface area contributed by atoms with Gasteiger partial charge in [0, 0.05) is 22.0 Å². The average molecular weight is 357 g/mol. The molecule has 0 amide bonds. The van der Waals surface area contributed by atoms with Crippen LogP contribution < -0.4 is 10.4 Å². The van der Waals surface area contributed by atoms with Crippen LogP contribution >= 0.6 is 11.6 Å². The molecule has 3 aromatic rings. The van der Waals surface area contributed by atoms with Crippen LogP contribution in [0.1, 0.15) is 36.5 Å². The number of fused-ring (bicyclic) bond motifs is 1. The lowest BCUT2D eigenvalue weighted by molar-refractivity contribution is 0.304. The second kappa shape index (κ2) is 7.75. The summed E-state index contributed by atoms with van der Waals surface area (Å²) >= 11 is 5.90. The highest BCUT2D eigenvalue weighted by atomic mass is 35.5. The third-order valence-electron chi connectivity index (χ3n) is 4.30. The summed E-state index contributed by atoms with van der Waals surface area (Å²) in [5.74, 6) is 0.721. The zero-order valence-electron chi connectivity index (χ0n) is 14.5. The summed E-state index contributed by atoms with van der Waals surface area (Å²) in [6.07, 6.45) is 3.01. The molecule has 0 spiro atoms. The van der Waals surface area contributed by atoms with Gasteiger partial charge < -0.3 is 9.15 Å². The standard InChI is InChI=1S/C21H21ClO3/c1-3-4-5-16-12-20(23)25-21-14(2)19(11-10-18(16)21)24-13-15-6-8-17(22)9-7-15/h6-12H,3-5,13H2,1-2H3. The molecule has 130 valence electrons. The van der Waals surface area contributed by atoms with Crippen LogP contribution in [0, 0.1) is 6.92 Å². The van der Waals surface area contributed by atoms with Crippen molar-refractivity contribution in [3.8, 4) is 5.75 Å². The summed E-state index contributed by atoms with van der Waals surface area (Å²) in [5, 5.41) is 1.69. The van der Waals surface area contributed by atoms with E-state index in [0.29, 0.717) is 17.2 Å². The van der Waals surface area contributed by atoms with Crippen LogP contribution in [-0.2, 0) is 13.0 Å². The van der Waals surface area contributed by atoms with E-state index in [1.807, 2.05) is 43.3 Å². The van der Waals surface area contributed by atoms with Crippen molar-refractivity contribution in [1.29, 1.82) is 0 Å². The van der Waals surface area contributed by atoms with Crippen LogP contribution in [0.15, 0.2) is 51.7 Å².